The quantitative estimate of drug-likeness (QED) is 0.419. The SMILES string of the molecule is NS(=O)(=O)c1ccc(Cc2cn(-c3nc(C(=O)O)cs3)c3cc(CO)ccc23)cc1. The minimum absolute atomic E-state index is 0.0321. The van der Waals surface area contributed by atoms with E-state index < -0.39 is 16.0 Å². The summed E-state index contributed by atoms with van der Waals surface area (Å²) >= 11 is 1.21. The highest BCUT2D eigenvalue weighted by Gasteiger charge is 2.16. The molecule has 2 aromatic carbocycles. The Morgan fingerprint density at radius 2 is 1.83 bits per heavy atom. The van der Waals surface area contributed by atoms with E-state index in [4.69, 9.17) is 5.14 Å². The van der Waals surface area contributed by atoms with E-state index in [2.05, 4.69) is 4.98 Å². The highest BCUT2D eigenvalue weighted by molar-refractivity contribution is 7.89. The fraction of sp³-hybridized carbons (Fsp3) is 0.100. The molecule has 8 nitrogen and oxygen atoms in total. The van der Waals surface area contributed by atoms with Gasteiger partial charge in [-0.25, -0.2) is 23.3 Å². The summed E-state index contributed by atoms with van der Waals surface area (Å²) in [5.74, 6) is -1.10. The number of hydrogen-bond acceptors (Lipinski definition) is 6. The Hall–Kier alpha value is -3.05. The molecule has 154 valence electrons. The molecule has 4 N–H and O–H groups in total. The third kappa shape index (κ3) is 3.85. The number of rotatable bonds is 6. The van der Waals surface area contributed by atoms with Gasteiger partial charge in [0, 0.05) is 17.0 Å². The van der Waals surface area contributed by atoms with Crippen LogP contribution in [-0.2, 0) is 23.1 Å². The lowest BCUT2D eigenvalue weighted by molar-refractivity contribution is 0.0691. The summed E-state index contributed by atoms with van der Waals surface area (Å²) in [6.45, 7) is -0.121. The molecule has 0 radical (unpaired) electrons. The van der Waals surface area contributed by atoms with Crippen LogP contribution < -0.4 is 5.14 Å². The van der Waals surface area contributed by atoms with Crippen molar-refractivity contribution in [2.75, 3.05) is 0 Å². The number of aromatic nitrogens is 2. The largest absolute Gasteiger partial charge is 0.476 e. The molecule has 2 heterocycles. The van der Waals surface area contributed by atoms with E-state index in [1.165, 1.54) is 28.8 Å². The zero-order valence-corrected chi connectivity index (χ0v) is 17.2. The number of nitrogens with two attached hydrogens (primary N) is 1. The molecule has 0 unspecified atom stereocenters. The minimum Gasteiger partial charge on any atom is -0.476 e. The number of fused-ring (bicyclic) bond motifs is 1. The second-order valence-corrected chi connectivity index (χ2v) is 9.12. The number of aromatic carboxylic acids is 1. The normalized spacial score (nSPS) is 11.8. The average molecular weight is 444 g/mol. The van der Waals surface area contributed by atoms with Crippen molar-refractivity contribution in [2.24, 2.45) is 5.14 Å². The maximum Gasteiger partial charge on any atom is 0.355 e. The minimum atomic E-state index is -3.75. The summed E-state index contributed by atoms with van der Waals surface area (Å²) in [6, 6.07) is 11.9. The molecule has 30 heavy (non-hydrogen) atoms. The van der Waals surface area contributed by atoms with Gasteiger partial charge >= 0.3 is 5.97 Å². The van der Waals surface area contributed by atoms with Crippen LogP contribution in [0.15, 0.2) is 58.9 Å². The molecule has 10 heteroatoms. The van der Waals surface area contributed by atoms with Crippen LogP contribution in [-0.4, -0.2) is 34.2 Å². The second-order valence-electron chi connectivity index (χ2n) is 6.72. The molecule has 0 saturated carbocycles. The van der Waals surface area contributed by atoms with Gasteiger partial charge in [0.2, 0.25) is 10.0 Å². The van der Waals surface area contributed by atoms with Crippen LogP contribution in [0.3, 0.4) is 0 Å². The lowest BCUT2D eigenvalue weighted by atomic mass is 10.0. The Bertz CT molecular complexity index is 1360. The van der Waals surface area contributed by atoms with Crippen molar-refractivity contribution in [1.29, 1.82) is 0 Å². The van der Waals surface area contributed by atoms with E-state index >= 15 is 0 Å². The molecule has 0 amide bonds. The predicted molar refractivity (Wildman–Crippen MR) is 112 cm³/mol. The smallest absolute Gasteiger partial charge is 0.355 e. The Morgan fingerprint density at radius 3 is 2.43 bits per heavy atom. The van der Waals surface area contributed by atoms with Crippen LogP contribution in [0.1, 0.15) is 27.2 Å². The van der Waals surface area contributed by atoms with Gasteiger partial charge in [-0.15, -0.1) is 11.3 Å². The summed E-state index contributed by atoms with van der Waals surface area (Å²) < 4.78 is 24.7. The Labute approximate surface area is 175 Å². The number of thiazole rings is 1. The van der Waals surface area contributed by atoms with Crippen molar-refractivity contribution in [1.82, 2.24) is 9.55 Å². The summed E-state index contributed by atoms with van der Waals surface area (Å²) in [5, 5.41) is 26.7. The number of carboxylic acids is 1. The lowest BCUT2D eigenvalue weighted by Gasteiger charge is -2.03. The van der Waals surface area contributed by atoms with Crippen molar-refractivity contribution in [2.45, 2.75) is 17.9 Å². The van der Waals surface area contributed by atoms with Gasteiger partial charge in [-0.2, -0.15) is 0 Å². The number of aliphatic hydroxyl groups is 1. The first-order valence-electron chi connectivity index (χ1n) is 8.81. The first kappa shape index (κ1) is 20.2. The molecule has 2 aromatic heterocycles. The van der Waals surface area contributed by atoms with Crippen molar-refractivity contribution in [3.05, 3.63) is 76.4 Å². The van der Waals surface area contributed by atoms with Gasteiger partial charge in [0.15, 0.2) is 10.8 Å². The fourth-order valence-corrected chi connectivity index (χ4v) is 4.53. The number of carboxylic acid groups (broad SMARTS) is 1. The number of benzene rings is 2. The van der Waals surface area contributed by atoms with Crippen LogP contribution in [0.25, 0.3) is 16.0 Å². The first-order chi connectivity index (χ1) is 14.3. The van der Waals surface area contributed by atoms with Crippen LogP contribution in [0, 0.1) is 0 Å². The third-order valence-electron chi connectivity index (χ3n) is 4.70. The molecule has 0 fully saturated rings. The van der Waals surface area contributed by atoms with Crippen LogP contribution in [0.4, 0.5) is 0 Å². The number of sulfonamides is 1. The number of carbonyl (C=O) groups is 1. The van der Waals surface area contributed by atoms with Crippen LogP contribution >= 0.6 is 11.3 Å². The molecule has 0 atom stereocenters. The molecular formula is C20H17N3O5S2. The summed E-state index contributed by atoms with van der Waals surface area (Å²) in [5.41, 5.74) is 3.32. The fourth-order valence-electron chi connectivity index (χ4n) is 3.23. The van der Waals surface area contributed by atoms with Crippen LogP contribution in [0.5, 0.6) is 0 Å². The topological polar surface area (TPSA) is 136 Å². The Kier molecular flexibility index (Phi) is 5.16. The number of primary sulfonamides is 1. The van der Waals surface area contributed by atoms with Gasteiger partial charge in [-0.1, -0.05) is 24.3 Å². The third-order valence-corrected chi connectivity index (χ3v) is 6.47. The van der Waals surface area contributed by atoms with E-state index in [-0.39, 0.29) is 17.2 Å². The molecule has 0 bridgehead atoms. The monoisotopic (exact) mass is 443 g/mol. The van der Waals surface area contributed by atoms with Crippen LogP contribution in [0.2, 0.25) is 0 Å². The van der Waals surface area contributed by atoms with Gasteiger partial charge < -0.3 is 10.2 Å². The van der Waals surface area contributed by atoms with Gasteiger partial charge in [0.25, 0.3) is 0 Å². The lowest BCUT2D eigenvalue weighted by Crippen LogP contribution is -2.11. The highest BCUT2D eigenvalue weighted by Crippen LogP contribution is 2.29. The molecule has 0 spiro atoms. The highest BCUT2D eigenvalue weighted by atomic mass is 32.2. The van der Waals surface area contributed by atoms with Crippen molar-refractivity contribution >= 4 is 38.2 Å². The maximum absolute atomic E-state index is 11.5. The Balaban J connectivity index is 1.79. The van der Waals surface area contributed by atoms with E-state index in [9.17, 15) is 23.4 Å². The van der Waals surface area contributed by atoms with Crippen molar-refractivity contribution < 1.29 is 23.4 Å². The summed E-state index contributed by atoms with van der Waals surface area (Å²) in [7, 11) is -3.75. The van der Waals surface area contributed by atoms with E-state index in [0.29, 0.717) is 11.6 Å². The molecule has 0 saturated heterocycles. The first-order valence-corrected chi connectivity index (χ1v) is 11.2. The van der Waals surface area contributed by atoms with Gasteiger partial charge in [0.05, 0.1) is 17.0 Å². The second kappa shape index (κ2) is 7.65. The molecule has 0 aliphatic rings. The van der Waals surface area contributed by atoms with Crippen molar-refractivity contribution in [3.63, 3.8) is 0 Å². The standard InChI is InChI=1S/C20H17N3O5S2/c21-30(27,28)15-4-1-12(2-5-15)7-14-9-23(20-22-17(11-29-20)19(25)26)18-8-13(10-24)3-6-16(14)18/h1-6,8-9,11,24H,7,10H2,(H,25,26)(H2,21,27,28). The van der Waals surface area contributed by atoms with E-state index in [1.807, 2.05) is 24.4 Å². The molecule has 4 aromatic rings. The van der Waals surface area contributed by atoms with E-state index in [1.54, 1.807) is 16.7 Å². The molecular weight excluding hydrogens is 426 g/mol. The van der Waals surface area contributed by atoms with E-state index in [0.717, 1.165) is 27.6 Å². The average Bonchev–Trinajstić information content (AvgIpc) is 3.33. The summed E-state index contributed by atoms with van der Waals surface area (Å²) in [6.07, 6.45) is 2.40. The molecule has 0 aliphatic heterocycles. The molecule has 4 rings (SSSR count). The number of aliphatic hydroxyl groups excluding tert-OH is 1. The zero-order chi connectivity index (χ0) is 21.5. The van der Waals surface area contributed by atoms with Gasteiger partial charge in [-0.05, 0) is 41.3 Å². The summed E-state index contributed by atoms with van der Waals surface area (Å²) in [4.78, 5) is 15.4. The predicted octanol–water partition coefficient (Wildman–Crippen LogP) is 2.52. The van der Waals surface area contributed by atoms with Gasteiger partial charge in [-0.3, -0.25) is 4.57 Å². The number of nitrogens with zero attached hydrogens (tertiary/aromatic N) is 2. The molecule has 0 aliphatic carbocycles. The maximum atomic E-state index is 11.5. The number of hydrogen-bond donors (Lipinski definition) is 3. The van der Waals surface area contributed by atoms with Gasteiger partial charge in [0.1, 0.15) is 0 Å². The zero-order valence-electron chi connectivity index (χ0n) is 15.5. The Morgan fingerprint density at radius 1 is 1.13 bits per heavy atom. The van der Waals surface area contributed by atoms with Crippen molar-refractivity contribution in [3.8, 4) is 5.13 Å².